The topological polar surface area (TPSA) is 120 Å². The Bertz CT molecular complexity index is 1860. The van der Waals surface area contributed by atoms with Crippen molar-refractivity contribution in [1.82, 2.24) is 39.0 Å². The molecule has 0 aliphatic carbocycles. The highest BCUT2D eigenvalue weighted by molar-refractivity contribution is 5.80. The molecule has 0 N–H and O–H groups in total. The number of aromatic nitrogens is 8. The number of halogens is 1. The minimum atomic E-state index is -0.412. The third kappa shape index (κ3) is 3.30. The summed E-state index contributed by atoms with van der Waals surface area (Å²) < 4.78 is 24.0. The summed E-state index contributed by atoms with van der Waals surface area (Å²) in [6.07, 6.45) is 8.66. The van der Waals surface area contributed by atoms with Crippen LogP contribution >= 0.6 is 0 Å². The summed E-state index contributed by atoms with van der Waals surface area (Å²) >= 11 is 0. The van der Waals surface area contributed by atoms with Crippen LogP contribution in [0.25, 0.3) is 39.5 Å². The van der Waals surface area contributed by atoms with Crippen LogP contribution in [-0.2, 0) is 0 Å². The molecule has 7 rings (SSSR count). The number of imidazole rings is 2. The fourth-order valence-corrected chi connectivity index (χ4v) is 4.78. The first-order valence-electron chi connectivity index (χ1n) is 11.5. The number of para-hydroxylation sites is 1. The lowest BCUT2D eigenvalue weighted by molar-refractivity contribution is 0.246. The van der Waals surface area contributed by atoms with Gasteiger partial charge in [-0.25, -0.2) is 29.3 Å². The molecule has 1 atom stereocenters. The van der Waals surface area contributed by atoms with Crippen LogP contribution in [0.3, 0.4) is 0 Å². The molecule has 10 nitrogen and oxygen atoms in total. The van der Waals surface area contributed by atoms with Crippen molar-refractivity contribution >= 4 is 22.2 Å². The number of fused-ring (bicyclic) bond motifs is 3. The zero-order valence-corrected chi connectivity index (χ0v) is 19.2. The summed E-state index contributed by atoms with van der Waals surface area (Å²) in [5, 5.41) is 9.36. The van der Waals surface area contributed by atoms with E-state index in [4.69, 9.17) is 14.7 Å². The van der Waals surface area contributed by atoms with E-state index in [-0.39, 0.29) is 11.8 Å². The fraction of sp³-hybridized carbons (Fsp3) is 0.115. The third-order valence-corrected chi connectivity index (χ3v) is 6.44. The maximum absolute atomic E-state index is 14.7. The molecule has 1 aliphatic heterocycles. The van der Waals surface area contributed by atoms with E-state index >= 15 is 0 Å². The van der Waals surface area contributed by atoms with E-state index in [0.29, 0.717) is 63.7 Å². The molecule has 4 aromatic heterocycles. The average Bonchev–Trinajstić information content (AvgIpc) is 3.54. The Hall–Kier alpha value is -5.24. The second kappa shape index (κ2) is 8.17. The second-order valence-electron chi connectivity index (χ2n) is 8.55. The predicted octanol–water partition coefficient (Wildman–Crippen LogP) is 4.00. The number of hydrogen-bond acceptors (Lipinski definition) is 8. The molecule has 0 bridgehead atoms. The van der Waals surface area contributed by atoms with Crippen LogP contribution in [0.15, 0.2) is 67.6 Å². The molecule has 178 valence electrons. The molecular formula is C26H16FN9O. The molecular weight excluding hydrogens is 473 g/mol. The van der Waals surface area contributed by atoms with Crippen LogP contribution in [0.1, 0.15) is 23.6 Å². The van der Waals surface area contributed by atoms with Crippen molar-refractivity contribution in [2.24, 2.45) is 0 Å². The van der Waals surface area contributed by atoms with Gasteiger partial charge in [0.05, 0.1) is 47.1 Å². The van der Waals surface area contributed by atoms with Gasteiger partial charge in [-0.05, 0) is 24.3 Å². The number of nitrogens with zero attached hydrogens (tertiary/aromatic N) is 9. The summed E-state index contributed by atoms with van der Waals surface area (Å²) in [4.78, 5) is 27.0. The molecule has 1 unspecified atom stereocenters. The van der Waals surface area contributed by atoms with Crippen LogP contribution < -0.4 is 4.74 Å². The Balaban J connectivity index is 1.49. The van der Waals surface area contributed by atoms with Crippen molar-refractivity contribution in [1.29, 1.82) is 5.26 Å². The molecule has 0 amide bonds. The van der Waals surface area contributed by atoms with Gasteiger partial charge >= 0.3 is 0 Å². The van der Waals surface area contributed by atoms with Gasteiger partial charge < -0.3 is 9.30 Å². The largest absolute Gasteiger partial charge is 0.490 e. The number of hydrogen-bond donors (Lipinski definition) is 0. The van der Waals surface area contributed by atoms with Crippen LogP contribution in [-0.4, -0.2) is 45.6 Å². The molecule has 11 heteroatoms. The summed E-state index contributed by atoms with van der Waals surface area (Å²) in [7, 11) is 0. The Morgan fingerprint density at radius 3 is 2.78 bits per heavy atom. The minimum Gasteiger partial charge on any atom is -0.490 e. The summed E-state index contributed by atoms with van der Waals surface area (Å²) in [6.45, 7) is 0.337. The Morgan fingerprint density at radius 2 is 1.92 bits per heavy atom. The van der Waals surface area contributed by atoms with Crippen molar-refractivity contribution in [3.63, 3.8) is 0 Å². The monoisotopic (exact) mass is 489 g/mol. The van der Waals surface area contributed by atoms with E-state index in [9.17, 15) is 9.65 Å². The zero-order valence-electron chi connectivity index (χ0n) is 19.2. The lowest BCUT2D eigenvalue weighted by Gasteiger charge is -2.28. The van der Waals surface area contributed by atoms with E-state index in [1.165, 1.54) is 12.4 Å². The Morgan fingerprint density at radius 1 is 1.03 bits per heavy atom. The molecule has 37 heavy (non-hydrogen) atoms. The summed E-state index contributed by atoms with van der Waals surface area (Å²) in [5.74, 6) is 0.777. The van der Waals surface area contributed by atoms with Gasteiger partial charge in [0.1, 0.15) is 24.0 Å². The van der Waals surface area contributed by atoms with Crippen molar-refractivity contribution in [3.05, 3.63) is 84.6 Å². The first kappa shape index (κ1) is 21.1. The summed E-state index contributed by atoms with van der Waals surface area (Å²) in [6, 6.07) is 12.0. The van der Waals surface area contributed by atoms with Gasteiger partial charge in [0.15, 0.2) is 17.2 Å². The van der Waals surface area contributed by atoms with Crippen LogP contribution in [0, 0.1) is 17.1 Å². The summed E-state index contributed by atoms with van der Waals surface area (Å²) in [5.41, 5.74) is 4.45. The second-order valence-corrected chi connectivity index (χ2v) is 8.55. The molecule has 0 fully saturated rings. The first-order valence-corrected chi connectivity index (χ1v) is 11.5. The van der Waals surface area contributed by atoms with Gasteiger partial charge in [0.2, 0.25) is 5.95 Å². The lowest BCUT2D eigenvalue weighted by atomic mass is 9.99. The first-order chi connectivity index (χ1) is 18.2. The molecule has 0 saturated carbocycles. The molecule has 6 aromatic rings. The number of rotatable bonds is 3. The van der Waals surface area contributed by atoms with E-state index < -0.39 is 5.82 Å². The fourth-order valence-electron chi connectivity index (χ4n) is 4.78. The average molecular weight is 489 g/mol. The lowest BCUT2D eigenvalue weighted by Crippen LogP contribution is -2.22. The van der Waals surface area contributed by atoms with E-state index in [2.05, 4.69) is 26.0 Å². The van der Waals surface area contributed by atoms with Gasteiger partial charge in [-0.3, -0.25) is 4.57 Å². The highest BCUT2D eigenvalue weighted by atomic mass is 19.1. The van der Waals surface area contributed by atoms with Crippen LogP contribution in [0.2, 0.25) is 0 Å². The number of benzene rings is 2. The van der Waals surface area contributed by atoms with Gasteiger partial charge in [-0.15, -0.1) is 0 Å². The van der Waals surface area contributed by atoms with Crippen molar-refractivity contribution in [2.45, 2.75) is 12.5 Å². The number of ether oxygens (including phenoxy) is 1. The Kier molecular flexibility index (Phi) is 4.65. The van der Waals surface area contributed by atoms with Crippen LogP contribution in [0.5, 0.6) is 5.75 Å². The molecule has 0 radical (unpaired) electrons. The molecule has 1 aliphatic rings. The highest BCUT2D eigenvalue weighted by Crippen LogP contribution is 2.40. The SMILES string of the molecule is N#Cc1ccc2ncn(-c3ncc4nc(-c5cncnc5)n(C5CCOc6c(F)cccc65)c4n3)c2c1. The highest BCUT2D eigenvalue weighted by Gasteiger charge is 2.30. The zero-order chi connectivity index (χ0) is 24.9. The van der Waals surface area contributed by atoms with Crippen molar-refractivity contribution in [2.75, 3.05) is 6.61 Å². The van der Waals surface area contributed by atoms with E-state index in [0.717, 1.165) is 0 Å². The van der Waals surface area contributed by atoms with Gasteiger partial charge in [-0.1, -0.05) is 12.1 Å². The molecule has 0 saturated heterocycles. The smallest absolute Gasteiger partial charge is 0.237 e. The van der Waals surface area contributed by atoms with Crippen LogP contribution in [0.4, 0.5) is 4.39 Å². The van der Waals surface area contributed by atoms with Gasteiger partial charge in [0, 0.05) is 24.4 Å². The number of nitriles is 1. The normalized spacial score (nSPS) is 14.9. The third-order valence-electron chi connectivity index (χ3n) is 6.44. The minimum absolute atomic E-state index is 0.231. The quantitative estimate of drug-likeness (QED) is 0.366. The van der Waals surface area contributed by atoms with Gasteiger partial charge in [0.25, 0.3) is 0 Å². The van der Waals surface area contributed by atoms with Gasteiger partial charge in [-0.2, -0.15) is 10.2 Å². The molecule has 2 aromatic carbocycles. The molecule has 0 spiro atoms. The standard InChI is InChI=1S/C26H16FN9O/c27-18-3-1-2-17-21(6-7-37-23(17)18)36-24(16-10-29-13-30-11-16)33-20-12-31-26(34-25(20)36)35-14-32-19-5-4-15(9-28)8-22(19)35/h1-5,8,10-14,21H,6-7H2. The van der Waals surface area contributed by atoms with Crippen molar-refractivity contribution in [3.8, 4) is 29.2 Å². The van der Waals surface area contributed by atoms with E-state index in [1.54, 1.807) is 53.8 Å². The predicted molar refractivity (Wildman–Crippen MR) is 130 cm³/mol. The van der Waals surface area contributed by atoms with Crippen molar-refractivity contribution < 1.29 is 9.13 Å². The Labute approximate surface area is 208 Å². The van der Waals surface area contributed by atoms with E-state index in [1.807, 2.05) is 10.6 Å². The maximum atomic E-state index is 14.7. The maximum Gasteiger partial charge on any atom is 0.237 e. The molecule has 5 heterocycles.